The molecule has 7 nitrogen and oxygen atoms in total. The van der Waals surface area contributed by atoms with Crippen molar-refractivity contribution in [2.75, 3.05) is 52.4 Å². The molecule has 0 unspecified atom stereocenters. The third-order valence-electron chi connectivity index (χ3n) is 5.61. The van der Waals surface area contributed by atoms with Crippen molar-refractivity contribution in [2.45, 2.75) is 60.8 Å². The van der Waals surface area contributed by atoms with Crippen LogP contribution in [-0.2, 0) is 4.79 Å². The van der Waals surface area contributed by atoms with Crippen LogP contribution >= 0.6 is 11.6 Å². The fraction of sp³-hybridized carbons (Fsp3) is 0.944. The normalized spacial score (nSPS) is 11.1. The van der Waals surface area contributed by atoms with E-state index in [2.05, 4.69) is 67.0 Å². The Kier molecular flexibility index (Phi) is 24.1. The van der Waals surface area contributed by atoms with Crippen molar-refractivity contribution in [3.63, 3.8) is 0 Å². The van der Waals surface area contributed by atoms with Gasteiger partial charge in [-0.05, 0) is 67.0 Å². The van der Waals surface area contributed by atoms with E-state index >= 15 is 0 Å². The lowest BCUT2D eigenvalue weighted by Gasteiger charge is -2.34. The number of nitrogens with zero attached hydrogens (tertiary/aromatic N) is 2. The van der Waals surface area contributed by atoms with E-state index in [1.54, 1.807) is 0 Å². The summed E-state index contributed by atoms with van der Waals surface area (Å²) < 4.78 is 24.6. The van der Waals surface area contributed by atoms with Gasteiger partial charge in [0.05, 0.1) is 59.7 Å². The molecule has 2 N–H and O–H groups in total. The average molecular weight is 451 g/mol. The molecule has 0 rings (SSSR count). The van der Waals surface area contributed by atoms with E-state index < -0.39 is 18.7 Å². The van der Waals surface area contributed by atoms with Crippen LogP contribution < -0.4 is 10.0 Å². The predicted octanol–water partition coefficient (Wildman–Crippen LogP) is 1.35. The van der Waals surface area contributed by atoms with Crippen molar-refractivity contribution in [3.05, 3.63) is 0 Å². The van der Waals surface area contributed by atoms with E-state index in [4.69, 9.17) is 25.0 Å². The maximum absolute atomic E-state index is 11.0. The second kappa shape index (κ2) is 19.4. The Balaban J connectivity index is -0.000000149. The standard InChI is InChI=1S/2C8H20N.C2HClF2O2.BHO3/c2*1-5-9(6-2,7-3)8-4;3-2(4,5)1(6)7;2-1(3)4/h2*5-8H2,1-4H3;(H,6,7);2H/q2*+1;;-2. The van der Waals surface area contributed by atoms with Gasteiger partial charge in [-0.2, -0.15) is 8.78 Å². The highest BCUT2D eigenvalue weighted by molar-refractivity contribution is 6.30. The van der Waals surface area contributed by atoms with Crippen LogP contribution in [0.3, 0.4) is 0 Å². The van der Waals surface area contributed by atoms with Gasteiger partial charge in [-0.1, -0.05) is 0 Å². The van der Waals surface area contributed by atoms with Crippen LogP contribution in [0.5, 0.6) is 0 Å². The topological polar surface area (TPSA) is 104 Å². The van der Waals surface area contributed by atoms with Crippen molar-refractivity contribution in [2.24, 2.45) is 0 Å². The van der Waals surface area contributed by atoms with Gasteiger partial charge in [0, 0.05) is 0 Å². The summed E-state index contributed by atoms with van der Waals surface area (Å²) in [7, 11) is -2.67. The molecule has 0 aliphatic carbocycles. The van der Waals surface area contributed by atoms with Gasteiger partial charge < -0.3 is 29.1 Å². The highest BCUT2D eigenvalue weighted by Gasteiger charge is 2.35. The quantitative estimate of drug-likeness (QED) is 0.313. The third kappa shape index (κ3) is 20.5. The first kappa shape index (κ1) is 35.9. The number of aliphatic carboxylic acids is 1. The Hall–Kier alpha value is -0.515. The van der Waals surface area contributed by atoms with E-state index in [9.17, 15) is 8.78 Å². The highest BCUT2D eigenvalue weighted by atomic mass is 35.5. The van der Waals surface area contributed by atoms with Crippen molar-refractivity contribution < 1.29 is 42.7 Å². The van der Waals surface area contributed by atoms with Crippen molar-refractivity contribution in [3.8, 4) is 0 Å². The lowest BCUT2D eigenvalue weighted by molar-refractivity contribution is -0.921. The lowest BCUT2D eigenvalue weighted by Crippen LogP contribution is -2.47. The molecule has 0 aliphatic rings. The highest BCUT2D eigenvalue weighted by Crippen LogP contribution is 2.17. The van der Waals surface area contributed by atoms with Gasteiger partial charge in [0.25, 0.3) is 0 Å². The summed E-state index contributed by atoms with van der Waals surface area (Å²) in [5.41, 5.74) is 0. The molecule has 0 spiro atoms. The summed E-state index contributed by atoms with van der Waals surface area (Å²) in [5.74, 6) is -2.32. The van der Waals surface area contributed by atoms with Crippen molar-refractivity contribution in [1.82, 2.24) is 0 Å². The fourth-order valence-corrected chi connectivity index (χ4v) is 2.68. The second-order valence-electron chi connectivity index (χ2n) is 6.32. The number of carbonyl (C=O) groups is 1. The average Bonchev–Trinajstić information content (AvgIpc) is 2.66. The zero-order valence-electron chi connectivity index (χ0n) is 19.4. The predicted molar refractivity (Wildman–Crippen MR) is 111 cm³/mol. The van der Waals surface area contributed by atoms with Crippen LogP contribution in [0.25, 0.3) is 0 Å². The molecule has 0 aromatic heterocycles. The smallest absolute Gasteiger partial charge is 0.417 e. The molecule has 0 aromatic rings. The molecule has 0 heterocycles. The first-order chi connectivity index (χ1) is 13.2. The summed E-state index contributed by atoms with van der Waals surface area (Å²) in [6.45, 7) is 28.4. The van der Waals surface area contributed by atoms with Gasteiger partial charge in [0.2, 0.25) is 0 Å². The molecule has 178 valence electrons. The molecule has 0 amide bonds. The lowest BCUT2D eigenvalue weighted by atomic mass is 10.3. The van der Waals surface area contributed by atoms with Crippen LogP contribution in [0.4, 0.5) is 8.78 Å². The largest absolute Gasteiger partial charge is 0.871 e. The molecular formula is C18H42BClF2N2O5. The summed E-state index contributed by atoms with van der Waals surface area (Å²) in [6, 6.07) is 0. The molecule has 0 aromatic carbocycles. The minimum absolute atomic E-state index is 1.28. The molecule has 0 bridgehead atoms. The molecule has 11 heteroatoms. The Labute approximate surface area is 181 Å². The number of hydrogen-bond acceptors (Lipinski definition) is 4. The minimum Gasteiger partial charge on any atom is -0.871 e. The zero-order valence-corrected chi connectivity index (χ0v) is 20.1. The number of quaternary nitrogens is 2. The first-order valence-electron chi connectivity index (χ1n) is 10.2. The number of halogens is 3. The van der Waals surface area contributed by atoms with Gasteiger partial charge in [-0.3, -0.25) is 0 Å². The SMILES string of the molecule is CC[N+](CC)(CC)CC.CC[N+](CC)(CC)CC.O=C(O)C(F)(F)Cl.[O-]B([O-])O. The monoisotopic (exact) mass is 450 g/mol. The summed E-state index contributed by atoms with van der Waals surface area (Å²) in [6.07, 6.45) is 0. The van der Waals surface area contributed by atoms with E-state index in [0.717, 1.165) is 0 Å². The molecule has 0 saturated carbocycles. The maximum atomic E-state index is 11.0. The van der Waals surface area contributed by atoms with Crippen molar-refractivity contribution >= 4 is 24.9 Å². The number of alkyl halides is 3. The van der Waals surface area contributed by atoms with Crippen LogP contribution in [0, 0.1) is 0 Å². The van der Waals surface area contributed by atoms with Gasteiger partial charge in [-0.15, -0.1) is 0 Å². The number of carboxylic acid groups (broad SMARTS) is 1. The molecule has 0 aliphatic heterocycles. The van der Waals surface area contributed by atoms with Crippen LogP contribution in [-0.4, -0.2) is 90.1 Å². The Morgan fingerprint density at radius 2 is 0.897 bits per heavy atom. The maximum Gasteiger partial charge on any atom is 0.417 e. The van der Waals surface area contributed by atoms with Crippen molar-refractivity contribution in [1.29, 1.82) is 0 Å². The van der Waals surface area contributed by atoms with Crippen LogP contribution in [0.1, 0.15) is 55.4 Å². The summed E-state index contributed by atoms with van der Waals surface area (Å²) >= 11 is 3.94. The Morgan fingerprint density at radius 1 is 0.793 bits per heavy atom. The minimum atomic E-state index is -4.11. The van der Waals surface area contributed by atoms with Crippen LogP contribution in [0.15, 0.2) is 0 Å². The summed E-state index contributed by atoms with van der Waals surface area (Å²) in [5, 5.41) is 27.3. The van der Waals surface area contributed by atoms with E-state index in [1.165, 1.54) is 61.3 Å². The zero-order chi connectivity index (χ0) is 24.3. The van der Waals surface area contributed by atoms with Crippen LogP contribution in [0.2, 0.25) is 0 Å². The Morgan fingerprint density at radius 3 is 0.897 bits per heavy atom. The van der Waals surface area contributed by atoms with Gasteiger partial charge in [-0.25, -0.2) is 4.79 Å². The molecule has 0 saturated heterocycles. The van der Waals surface area contributed by atoms with Gasteiger partial charge in [0.15, 0.2) is 0 Å². The molecule has 29 heavy (non-hydrogen) atoms. The number of hydrogen-bond donors (Lipinski definition) is 2. The van der Waals surface area contributed by atoms with Gasteiger partial charge in [0.1, 0.15) is 0 Å². The summed E-state index contributed by atoms with van der Waals surface area (Å²) in [4.78, 5) is 9.14. The first-order valence-corrected chi connectivity index (χ1v) is 10.5. The number of rotatable bonds is 9. The molecule has 0 fully saturated rings. The fourth-order valence-electron chi connectivity index (χ4n) is 2.68. The third-order valence-corrected chi connectivity index (χ3v) is 5.77. The van der Waals surface area contributed by atoms with E-state index in [1.807, 2.05) is 0 Å². The molecule has 0 atom stereocenters. The van der Waals surface area contributed by atoms with E-state index in [0.29, 0.717) is 0 Å². The molecule has 0 radical (unpaired) electrons. The molecular weight excluding hydrogens is 408 g/mol. The Bertz CT molecular complexity index is 324. The van der Waals surface area contributed by atoms with E-state index in [-0.39, 0.29) is 0 Å². The second-order valence-corrected chi connectivity index (χ2v) is 6.80. The number of carboxylic acids is 1. The van der Waals surface area contributed by atoms with Gasteiger partial charge >= 0.3 is 11.4 Å².